The van der Waals surface area contributed by atoms with E-state index >= 15 is 0 Å². The molecule has 7 heteroatoms. The summed E-state index contributed by atoms with van der Waals surface area (Å²) >= 11 is 0. The second-order valence-corrected chi connectivity index (χ2v) is 7.07. The molecular formula is C22H20N4O3. The fraction of sp³-hybridized carbons (Fsp3) is 0.227. The number of rotatable bonds is 3. The van der Waals surface area contributed by atoms with E-state index in [1.165, 1.54) is 5.01 Å². The Morgan fingerprint density at radius 2 is 2.00 bits per heavy atom. The number of furan rings is 1. The van der Waals surface area contributed by atoms with Crippen molar-refractivity contribution in [1.82, 2.24) is 10.4 Å². The van der Waals surface area contributed by atoms with Gasteiger partial charge >= 0.3 is 0 Å². The van der Waals surface area contributed by atoms with E-state index < -0.39 is 5.92 Å². The number of Topliss-reactive ketones (excluding diaryl/α,β-unsaturated/α-hetero) is 1. The summed E-state index contributed by atoms with van der Waals surface area (Å²) < 4.78 is 5.75. The number of amides is 1. The monoisotopic (exact) mass is 388 g/mol. The number of aryl methyl sites for hydroxylation is 1. The van der Waals surface area contributed by atoms with Crippen molar-refractivity contribution in [1.29, 1.82) is 5.26 Å². The molecule has 0 saturated carbocycles. The quantitative estimate of drug-likeness (QED) is 0.836. The molecule has 2 aromatic rings. The zero-order chi connectivity index (χ0) is 20.5. The topological polar surface area (TPSA) is 112 Å². The van der Waals surface area contributed by atoms with Gasteiger partial charge in [0.05, 0.1) is 23.3 Å². The molecule has 1 unspecified atom stereocenters. The van der Waals surface area contributed by atoms with Crippen molar-refractivity contribution in [2.75, 3.05) is 0 Å². The van der Waals surface area contributed by atoms with Crippen molar-refractivity contribution in [3.8, 4) is 6.07 Å². The fourth-order valence-electron chi connectivity index (χ4n) is 3.86. The van der Waals surface area contributed by atoms with Crippen LogP contribution in [-0.4, -0.2) is 16.7 Å². The summed E-state index contributed by atoms with van der Waals surface area (Å²) in [5, 5.41) is 11.2. The molecule has 29 heavy (non-hydrogen) atoms. The van der Waals surface area contributed by atoms with Gasteiger partial charge in [-0.25, -0.2) is 5.01 Å². The van der Waals surface area contributed by atoms with E-state index in [1.807, 2.05) is 6.07 Å². The van der Waals surface area contributed by atoms with E-state index in [9.17, 15) is 14.9 Å². The Hall–Kier alpha value is -3.79. The molecule has 7 nitrogen and oxygen atoms in total. The van der Waals surface area contributed by atoms with Crippen LogP contribution in [0.4, 0.5) is 0 Å². The zero-order valence-electron chi connectivity index (χ0n) is 15.9. The number of hydrogen-bond donors (Lipinski definition) is 2. The van der Waals surface area contributed by atoms with E-state index in [2.05, 4.69) is 11.5 Å². The molecule has 1 aliphatic heterocycles. The van der Waals surface area contributed by atoms with Crippen molar-refractivity contribution in [2.24, 2.45) is 5.73 Å². The van der Waals surface area contributed by atoms with E-state index in [0.717, 1.165) is 0 Å². The Morgan fingerprint density at radius 3 is 2.66 bits per heavy atom. The lowest BCUT2D eigenvalue weighted by Crippen LogP contribution is -2.48. The van der Waals surface area contributed by atoms with Gasteiger partial charge in [-0.2, -0.15) is 5.26 Å². The van der Waals surface area contributed by atoms with Crippen LogP contribution in [0.25, 0.3) is 0 Å². The number of carbonyl (C=O) groups is 2. The van der Waals surface area contributed by atoms with Gasteiger partial charge in [-0.3, -0.25) is 15.0 Å². The fourth-order valence-corrected chi connectivity index (χ4v) is 3.86. The lowest BCUT2D eigenvalue weighted by atomic mass is 9.78. The van der Waals surface area contributed by atoms with Crippen LogP contribution in [0.3, 0.4) is 0 Å². The number of nitrogens with zero attached hydrogens (tertiary/aromatic N) is 2. The van der Waals surface area contributed by atoms with Crippen LogP contribution in [0.5, 0.6) is 0 Å². The van der Waals surface area contributed by atoms with Gasteiger partial charge in [-0.15, -0.1) is 0 Å². The highest BCUT2D eigenvalue weighted by atomic mass is 16.3. The number of nitriles is 1. The van der Waals surface area contributed by atoms with Gasteiger partial charge < -0.3 is 10.2 Å². The van der Waals surface area contributed by atoms with Crippen molar-refractivity contribution >= 4 is 11.7 Å². The number of benzene rings is 1. The average molecular weight is 388 g/mol. The summed E-state index contributed by atoms with van der Waals surface area (Å²) in [6.07, 6.45) is 1.59. The van der Waals surface area contributed by atoms with E-state index in [4.69, 9.17) is 10.2 Å². The van der Waals surface area contributed by atoms with E-state index in [1.54, 1.807) is 43.3 Å². The van der Waals surface area contributed by atoms with Crippen LogP contribution in [0.2, 0.25) is 0 Å². The third-order valence-electron chi connectivity index (χ3n) is 5.21. The summed E-state index contributed by atoms with van der Waals surface area (Å²) in [4.78, 5) is 25.6. The van der Waals surface area contributed by atoms with Crippen LogP contribution in [0.15, 0.2) is 69.5 Å². The summed E-state index contributed by atoms with van der Waals surface area (Å²) in [6, 6.07) is 14.4. The molecule has 1 aliphatic carbocycles. The van der Waals surface area contributed by atoms with E-state index in [-0.39, 0.29) is 23.1 Å². The van der Waals surface area contributed by atoms with E-state index in [0.29, 0.717) is 47.6 Å². The first kappa shape index (κ1) is 18.6. The first-order chi connectivity index (χ1) is 14.0. The van der Waals surface area contributed by atoms with Crippen molar-refractivity contribution in [3.63, 3.8) is 0 Å². The molecule has 2 heterocycles. The average Bonchev–Trinajstić information content (AvgIpc) is 3.16. The van der Waals surface area contributed by atoms with Gasteiger partial charge in [0.2, 0.25) is 0 Å². The molecule has 0 bridgehead atoms. The van der Waals surface area contributed by atoms with Crippen molar-refractivity contribution < 1.29 is 14.0 Å². The van der Waals surface area contributed by atoms with Gasteiger partial charge in [-0.1, -0.05) is 18.2 Å². The molecule has 0 radical (unpaired) electrons. The minimum Gasteiger partial charge on any atom is -0.465 e. The highest BCUT2D eigenvalue weighted by Gasteiger charge is 2.41. The molecule has 1 aromatic carbocycles. The third-order valence-corrected chi connectivity index (χ3v) is 5.21. The van der Waals surface area contributed by atoms with Crippen LogP contribution in [0, 0.1) is 18.3 Å². The molecule has 1 amide bonds. The van der Waals surface area contributed by atoms with Gasteiger partial charge in [0, 0.05) is 17.6 Å². The SMILES string of the molecule is Cc1ccc(C2C(C#N)=C(N)N(NC(=O)c3ccccc3)C3=C2C(=O)CCC3)o1. The standard InChI is InChI=1S/C22H20N4O3/c1-13-10-11-18(29-13)19-15(12-23)21(24)26(16-8-5-9-17(27)20(16)19)25-22(28)14-6-3-2-4-7-14/h2-4,6-7,10-11,19H,5,8-9,24H2,1H3,(H,25,28). The highest BCUT2D eigenvalue weighted by Crippen LogP contribution is 2.44. The number of hydrogen-bond acceptors (Lipinski definition) is 6. The Labute approximate surface area is 168 Å². The molecule has 146 valence electrons. The molecule has 3 N–H and O–H groups in total. The minimum absolute atomic E-state index is 0.0653. The number of allylic oxidation sites excluding steroid dienone is 3. The smallest absolute Gasteiger partial charge is 0.270 e. The second kappa shape index (κ2) is 7.32. The number of hydrazine groups is 1. The Morgan fingerprint density at radius 1 is 1.24 bits per heavy atom. The maximum absolute atomic E-state index is 12.9. The molecule has 2 aliphatic rings. The zero-order valence-corrected chi connectivity index (χ0v) is 15.9. The van der Waals surface area contributed by atoms with Crippen LogP contribution >= 0.6 is 0 Å². The molecule has 4 rings (SSSR count). The van der Waals surface area contributed by atoms with Gasteiger partial charge in [0.1, 0.15) is 17.3 Å². The first-order valence-corrected chi connectivity index (χ1v) is 9.39. The highest BCUT2D eigenvalue weighted by molar-refractivity contribution is 6.00. The number of nitrogens with two attached hydrogens (primary N) is 1. The maximum atomic E-state index is 12.9. The Bertz CT molecular complexity index is 1090. The number of carbonyl (C=O) groups excluding carboxylic acids is 2. The first-order valence-electron chi connectivity index (χ1n) is 9.39. The lowest BCUT2D eigenvalue weighted by molar-refractivity contribution is -0.116. The largest absolute Gasteiger partial charge is 0.465 e. The molecule has 0 saturated heterocycles. The van der Waals surface area contributed by atoms with Gasteiger partial charge in [-0.05, 0) is 44.0 Å². The normalized spacial score (nSPS) is 19.1. The third kappa shape index (κ3) is 3.19. The Kier molecular flexibility index (Phi) is 4.69. The molecule has 0 spiro atoms. The van der Waals surface area contributed by atoms with Crippen LogP contribution < -0.4 is 11.2 Å². The summed E-state index contributed by atoms with van der Waals surface area (Å²) in [5.74, 6) is 0.179. The molecular weight excluding hydrogens is 368 g/mol. The predicted octanol–water partition coefficient (Wildman–Crippen LogP) is 3.03. The Balaban J connectivity index is 1.81. The number of nitrogens with one attached hydrogen (secondary N) is 1. The summed E-state index contributed by atoms with van der Waals surface area (Å²) in [6.45, 7) is 1.80. The van der Waals surface area contributed by atoms with Crippen molar-refractivity contribution in [2.45, 2.75) is 32.1 Å². The molecule has 1 atom stereocenters. The van der Waals surface area contributed by atoms with Crippen LogP contribution in [0.1, 0.15) is 47.1 Å². The van der Waals surface area contributed by atoms with Gasteiger partial charge in [0.25, 0.3) is 5.91 Å². The van der Waals surface area contributed by atoms with Crippen LogP contribution in [-0.2, 0) is 4.79 Å². The lowest BCUT2D eigenvalue weighted by Gasteiger charge is -2.38. The molecule has 1 aromatic heterocycles. The second-order valence-electron chi connectivity index (χ2n) is 7.07. The molecule has 0 fully saturated rings. The summed E-state index contributed by atoms with van der Waals surface area (Å²) in [7, 11) is 0. The van der Waals surface area contributed by atoms with Gasteiger partial charge in [0.15, 0.2) is 5.78 Å². The number of ketones is 1. The maximum Gasteiger partial charge on any atom is 0.270 e. The summed E-state index contributed by atoms with van der Waals surface area (Å²) in [5.41, 5.74) is 10.8. The predicted molar refractivity (Wildman–Crippen MR) is 105 cm³/mol. The van der Waals surface area contributed by atoms with Crippen molar-refractivity contribution in [3.05, 3.63) is 82.2 Å². The minimum atomic E-state index is -0.665.